The van der Waals surface area contributed by atoms with Gasteiger partial charge in [0.1, 0.15) is 5.75 Å². The minimum absolute atomic E-state index is 0.324. The Morgan fingerprint density at radius 2 is 1.89 bits per heavy atom. The van der Waals surface area contributed by atoms with E-state index in [9.17, 15) is 9.59 Å². The summed E-state index contributed by atoms with van der Waals surface area (Å²) in [5.41, 5.74) is 3.44. The van der Waals surface area contributed by atoms with E-state index in [4.69, 9.17) is 9.47 Å². The van der Waals surface area contributed by atoms with E-state index in [1.807, 2.05) is 44.2 Å². The molecule has 6 nitrogen and oxygen atoms in total. The van der Waals surface area contributed by atoms with Crippen LogP contribution < -0.4 is 10.1 Å². The lowest BCUT2D eigenvalue weighted by Crippen LogP contribution is -2.35. The number of rotatable bonds is 7. The molecule has 1 aliphatic carbocycles. The molecule has 0 aliphatic heterocycles. The van der Waals surface area contributed by atoms with Gasteiger partial charge < -0.3 is 19.4 Å². The van der Waals surface area contributed by atoms with E-state index < -0.39 is 12.1 Å². The molecular formula is C21H26N2O4. The summed E-state index contributed by atoms with van der Waals surface area (Å²) in [7, 11) is 1.61. The second kappa shape index (κ2) is 7.86. The lowest BCUT2D eigenvalue weighted by Gasteiger charge is -2.14. The summed E-state index contributed by atoms with van der Waals surface area (Å²) in [6, 6.07) is 9.77. The third-order valence-electron chi connectivity index (χ3n) is 4.90. The van der Waals surface area contributed by atoms with Gasteiger partial charge in [0.15, 0.2) is 6.10 Å². The Kier molecular flexibility index (Phi) is 5.54. The first kappa shape index (κ1) is 19.0. The van der Waals surface area contributed by atoms with Gasteiger partial charge in [-0.05, 0) is 57.4 Å². The van der Waals surface area contributed by atoms with Crippen LogP contribution in [-0.4, -0.2) is 29.7 Å². The molecule has 3 rings (SSSR count). The lowest BCUT2D eigenvalue weighted by atomic mass is 10.2. The van der Waals surface area contributed by atoms with Crippen molar-refractivity contribution in [2.45, 2.75) is 52.3 Å². The number of amides is 1. The molecule has 144 valence electrons. The normalized spacial score (nSPS) is 14.5. The molecule has 1 heterocycles. The second-order valence-corrected chi connectivity index (χ2v) is 7.00. The van der Waals surface area contributed by atoms with Crippen LogP contribution in [0.15, 0.2) is 30.3 Å². The zero-order valence-electron chi connectivity index (χ0n) is 16.2. The van der Waals surface area contributed by atoms with Crippen molar-refractivity contribution in [3.05, 3.63) is 52.8 Å². The summed E-state index contributed by atoms with van der Waals surface area (Å²) < 4.78 is 12.7. The van der Waals surface area contributed by atoms with E-state index >= 15 is 0 Å². The number of hydrogen-bond donors (Lipinski definition) is 1. The van der Waals surface area contributed by atoms with E-state index in [1.54, 1.807) is 14.0 Å². The van der Waals surface area contributed by atoms with Crippen LogP contribution >= 0.6 is 0 Å². The van der Waals surface area contributed by atoms with E-state index in [-0.39, 0.29) is 5.91 Å². The number of benzene rings is 1. The number of aromatic nitrogens is 1. The highest BCUT2D eigenvalue weighted by atomic mass is 16.5. The van der Waals surface area contributed by atoms with Crippen molar-refractivity contribution in [3.63, 3.8) is 0 Å². The summed E-state index contributed by atoms with van der Waals surface area (Å²) in [5, 5.41) is 2.79. The number of esters is 1. The molecule has 27 heavy (non-hydrogen) atoms. The predicted molar refractivity (Wildman–Crippen MR) is 102 cm³/mol. The lowest BCUT2D eigenvalue weighted by molar-refractivity contribution is -0.129. The van der Waals surface area contributed by atoms with Crippen molar-refractivity contribution >= 4 is 11.9 Å². The van der Waals surface area contributed by atoms with Crippen LogP contribution in [0.5, 0.6) is 5.75 Å². The number of hydrogen-bond acceptors (Lipinski definition) is 4. The topological polar surface area (TPSA) is 69.6 Å². The van der Waals surface area contributed by atoms with E-state index in [0.29, 0.717) is 18.2 Å². The molecule has 0 spiro atoms. The summed E-state index contributed by atoms with van der Waals surface area (Å²) in [6.45, 7) is 5.87. The third kappa shape index (κ3) is 4.32. The van der Waals surface area contributed by atoms with Gasteiger partial charge in [-0.3, -0.25) is 4.79 Å². The smallest absolute Gasteiger partial charge is 0.340 e. The molecule has 1 saturated carbocycles. The average molecular weight is 370 g/mol. The number of nitrogens with one attached hydrogen (secondary N) is 1. The Bertz CT molecular complexity index is 835. The van der Waals surface area contributed by atoms with Crippen LogP contribution in [0.4, 0.5) is 0 Å². The minimum atomic E-state index is -0.861. The van der Waals surface area contributed by atoms with Crippen LogP contribution in [0.2, 0.25) is 0 Å². The van der Waals surface area contributed by atoms with E-state index in [0.717, 1.165) is 35.5 Å². The first-order valence-electron chi connectivity index (χ1n) is 9.20. The zero-order chi connectivity index (χ0) is 19.6. The molecule has 2 aromatic rings. The maximum absolute atomic E-state index is 12.5. The highest BCUT2D eigenvalue weighted by molar-refractivity contribution is 5.93. The fourth-order valence-corrected chi connectivity index (χ4v) is 3.23. The Hall–Kier alpha value is -2.76. The van der Waals surface area contributed by atoms with Crippen LogP contribution in [0.1, 0.15) is 53.1 Å². The summed E-state index contributed by atoms with van der Waals surface area (Å²) >= 11 is 0. The molecule has 0 bridgehead atoms. The predicted octanol–water partition coefficient (Wildman–Crippen LogP) is 3.31. The first-order chi connectivity index (χ1) is 12.9. The summed E-state index contributed by atoms with van der Waals surface area (Å²) in [6.07, 6.45) is 1.43. The molecule has 1 aromatic heterocycles. The quantitative estimate of drug-likeness (QED) is 0.759. The number of ether oxygens (including phenoxy) is 2. The zero-order valence-corrected chi connectivity index (χ0v) is 16.2. The van der Waals surface area contributed by atoms with Crippen LogP contribution in [0.25, 0.3) is 0 Å². The van der Waals surface area contributed by atoms with Gasteiger partial charge in [0.05, 0.1) is 12.7 Å². The van der Waals surface area contributed by atoms with Crippen molar-refractivity contribution in [2.75, 3.05) is 7.11 Å². The maximum Gasteiger partial charge on any atom is 0.340 e. The highest BCUT2D eigenvalue weighted by Gasteiger charge is 2.29. The summed E-state index contributed by atoms with van der Waals surface area (Å²) in [5.74, 6) is -0.0200. The molecule has 1 aromatic carbocycles. The van der Waals surface area contributed by atoms with Gasteiger partial charge in [-0.1, -0.05) is 12.1 Å². The van der Waals surface area contributed by atoms with Gasteiger partial charge in [0.2, 0.25) is 0 Å². The molecule has 1 aliphatic rings. The number of carbonyl (C=O) groups excluding carboxylic acids is 2. The van der Waals surface area contributed by atoms with E-state index in [2.05, 4.69) is 9.88 Å². The Balaban J connectivity index is 1.56. The maximum atomic E-state index is 12.5. The highest BCUT2D eigenvalue weighted by Crippen LogP contribution is 2.38. The minimum Gasteiger partial charge on any atom is -0.497 e. The van der Waals surface area contributed by atoms with Crippen LogP contribution in [-0.2, 0) is 16.1 Å². The van der Waals surface area contributed by atoms with Gasteiger partial charge in [-0.15, -0.1) is 0 Å². The molecule has 1 amide bonds. The molecule has 1 atom stereocenters. The number of carbonyl (C=O) groups is 2. The standard InChI is InChI=1S/C21H26N2O4/c1-13-11-19(14(2)23(13)17-7-8-17)21(25)27-15(3)20(24)22-12-16-5-9-18(26-4)10-6-16/h5-6,9-11,15,17H,7-8,12H2,1-4H3,(H,22,24). The Labute approximate surface area is 159 Å². The number of aryl methyl sites for hydroxylation is 1. The third-order valence-corrected chi connectivity index (χ3v) is 4.90. The Morgan fingerprint density at radius 1 is 1.22 bits per heavy atom. The van der Waals surface area contributed by atoms with Gasteiger partial charge >= 0.3 is 5.97 Å². The van der Waals surface area contributed by atoms with Crippen molar-refractivity contribution in [1.29, 1.82) is 0 Å². The first-order valence-corrected chi connectivity index (χ1v) is 9.20. The van der Waals surface area contributed by atoms with Crippen molar-refractivity contribution in [3.8, 4) is 5.75 Å². The van der Waals surface area contributed by atoms with Crippen molar-refractivity contribution in [2.24, 2.45) is 0 Å². The second-order valence-electron chi connectivity index (χ2n) is 7.00. The molecular weight excluding hydrogens is 344 g/mol. The Morgan fingerprint density at radius 3 is 2.48 bits per heavy atom. The fourth-order valence-electron chi connectivity index (χ4n) is 3.23. The molecule has 1 N–H and O–H groups in total. The monoisotopic (exact) mass is 370 g/mol. The molecule has 6 heteroatoms. The number of nitrogens with zero attached hydrogens (tertiary/aromatic N) is 1. The van der Waals surface area contributed by atoms with Crippen molar-refractivity contribution in [1.82, 2.24) is 9.88 Å². The molecule has 0 saturated heterocycles. The fraction of sp³-hybridized carbons (Fsp3) is 0.429. The molecule has 1 fully saturated rings. The van der Waals surface area contributed by atoms with Gasteiger partial charge in [0, 0.05) is 24.0 Å². The van der Waals surface area contributed by atoms with Gasteiger partial charge in [-0.2, -0.15) is 0 Å². The van der Waals surface area contributed by atoms with Crippen LogP contribution in [0, 0.1) is 13.8 Å². The van der Waals surface area contributed by atoms with Gasteiger partial charge in [0.25, 0.3) is 5.91 Å². The molecule has 0 radical (unpaired) electrons. The summed E-state index contributed by atoms with van der Waals surface area (Å²) in [4.78, 5) is 24.8. The SMILES string of the molecule is COc1ccc(CNC(=O)C(C)OC(=O)c2cc(C)n(C3CC3)c2C)cc1. The average Bonchev–Trinajstić information content (AvgIpc) is 3.44. The largest absolute Gasteiger partial charge is 0.497 e. The molecule has 1 unspecified atom stereocenters. The van der Waals surface area contributed by atoms with Crippen LogP contribution in [0.3, 0.4) is 0 Å². The van der Waals surface area contributed by atoms with E-state index in [1.165, 1.54) is 0 Å². The van der Waals surface area contributed by atoms with Gasteiger partial charge in [-0.25, -0.2) is 4.79 Å². The van der Waals surface area contributed by atoms with Crippen molar-refractivity contribution < 1.29 is 19.1 Å². The number of methoxy groups -OCH3 is 1.